The zero-order valence-corrected chi connectivity index (χ0v) is 8.99. The van der Waals surface area contributed by atoms with Crippen molar-refractivity contribution in [3.63, 3.8) is 0 Å². The molecule has 2 aliphatic heterocycles. The minimum atomic E-state index is -0.693. The lowest BCUT2D eigenvalue weighted by atomic mass is 10.1. The molecule has 0 aromatic heterocycles. The van der Waals surface area contributed by atoms with E-state index in [1.165, 1.54) is 0 Å². The van der Waals surface area contributed by atoms with Gasteiger partial charge >= 0.3 is 5.97 Å². The number of hydrogen-bond donors (Lipinski definition) is 0. The first-order valence-electron chi connectivity index (χ1n) is 5.25. The van der Waals surface area contributed by atoms with E-state index in [9.17, 15) is 4.79 Å². The van der Waals surface area contributed by atoms with Crippen molar-refractivity contribution in [1.29, 1.82) is 0 Å². The first kappa shape index (κ1) is 10.4. The molecule has 2 aliphatic rings. The largest absolute Gasteiger partial charge is 0.461 e. The average Bonchev–Trinajstić information content (AvgIpc) is 2.76. The molecule has 0 radical (unpaired) electrons. The van der Waals surface area contributed by atoms with Crippen LogP contribution >= 0.6 is 0 Å². The summed E-state index contributed by atoms with van der Waals surface area (Å²) in [5, 5.41) is 3.74. The molecule has 84 valence electrons. The molecule has 1 fully saturated rings. The summed E-state index contributed by atoms with van der Waals surface area (Å²) >= 11 is 0. The van der Waals surface area contributed by atoms with Gasteiger partial charge in [0, 0.05) is 6.42 Å². The lowest BCUT2D eigenvalue weighted by Crippen LogP contribution is -2.30. The predicted molar refractivity (Wildman–Crippen MR) is 52.3 cm³/mol. The smallest absolute Gasteiger partial charge is 0.356 e. The molecule has 0 N–H and O–H groups in total. The third-order valence-electron chi connectivity index (χ3n) is 2.62. The molecule has 2 unspecified atom stereocenters. The fourth-order valence-electron chi connectivity index (χ4n) is 1.89. The third-order valence-corrected chi connectivity index (χ3v) is 2.62. The van der Waals surface area contributed by atoms with Crippen molar-refractivity contribution >= 4 is 11.7 Å². The van der Waals surface area contributed by atoms with Gasteiger partial charge in [0.1, 0.15) is 0 Å². The quantitative estimate of drug-likeness (QED) is 0.647. The maximum absolute atomic E-state index is 11.4. The number of carbonyl (C=O) groups is 1. The van der Waals surface area contributed by atoms with Crippen LogP contribution in [0.15, 0.2) is 5.16 Å². The lowest BCUT2D eigenvalue weighted by Gasteiger charge is -2.19. The highest BCUT2D eigenvalue weighted by Crippen LogP contribution is 2.38. The van der Waals surface area contributed by atoms with Gasteiger partial charge in [-0.2, -0.15) is 0 Å². The second-order valence-electron chi connectivity index (χ2n) is 3.90. The summed E-state index contributed by atoms with van der Waals surface area (Å²) in [6.45, 7) is 4.10. The van der Waals surface area contributed by atoms with E-state index in [1.807, 2.05) is 6.92 Å². The predicted octanol–water partition coefficient (Wildman–Crippen LogP) is 1.22. The van der Waals surface area contributed by atoms with Crippen LogP contribution in [-0.4, -0.2) is 30.2 Å². The summed E-state index contributed by atoms with van der Waals surface area (Å²) in [5.41, 5.74) is 0.325. The summed E-state index contributed by atoms with van der Waals surface area (Å²) in [6.07, 6.45) is 2.28. The molecule has 5 nitrogen and oxygen atoms in total. The van der Waals surface area contributed by atoms with Gasteiger partial charge < -0.3 is 14.3 Å². The second kappa shape index (κ2) is 3.81. The van der Waals surface area contributed by atoms with Crippen molar-refractivity contribution in [3.05, 3.63) is 0 Å². The first-order valence-corrected chi connectivity index (χ1v) is 5.25. The molecular weight excluding hydrogens is 198 g/mol. The van der Waals surface area contributed by atoms with Crippen LogP contribution in [0.1, 0.15) is 33.1 Å². The van der Waals surface area contributed by atoms with Gasteiger partial charge in [-0.15, -0.1) is 0 Å². The van der Waals surface area contributed by atoms with Gasteiger partial charge in [-0.3, -0.25) is 0 Å². The van der Waals surface area contributed by atoms with Crippen LogP contribution < -0.4 is 0 Å². The zero-order valence-electron chi connectivity index (χ0n) is 8.99. The van der Waals surface area contributed by atoms with Crippen molar-refractivity contribution in [1.82, 2.24) is 0 Å². The maximum Gasteiger partial charge on any atom is 0.356 e. The van der Waals surface area contributed by atoms with E-state index in [1.54, 1.807) is 6.92 Å². The number of rotatable bonds is 2. The van der Waals surface area contributed by atoms with Crippen molar-refractivity contribution in [2.75, 3.05) is 6.61 Å². The Morgan fingerprint density at radius 1 is 1.73 bits per heavy atom. The second-order valence-corrected chi connectivity index (χ2v) is 3.90. The van der Waals surface area contributed by atoms with Gasteiger partial charge in [0.25, 0.3) is 0 Å². The maximum atomic E-state index is 11.4. The first-order chi connectivity index (χ1) is 7.15. The summed E-state index contributed by atoms with van der Waals surface area (Å²) in [5.74, 6) is -1.10. The Balaban J connectivity index is 1.96. The van der Waals surface area contributed by atoms with Crippen LogP contribution in [0, 0.1) is 0 Å². The Morgan fingerprint density at radius 2 is 2.53 bits per heavy atom. The molecule has 2 heterocycles. The SMILES string of the molecule is CCOC(=O)C1=NOC2(CCC(C)O2)C1. The van der Waals surface area contributed by atoms with E-state index in [0.717, 1.165) is 12.8 Å². The molecule has 1 spiro atoms. The van der Waals surface area contributed by atoms with Gasteiger partial charge in [-0.1, -0.05) is 5.16 Å². The molecule has 15 heavy (non-hydrogen) atoms. The number of hydrogen-bond acceptors (Lipinski definition) is 5. The molecule has 0 aromatic carbocycles. The van der Waals surface area contributed by atoms with Crippen LogP contribution in [0.25, 0.3) is 0 Å². The highest BCUT2D eigenvalue weighted by molar-refractivity contribution is 6.36. The van der Waals surface area contributed by atoms with Crippen molar-refractivity contribution in [3.8, 4) is 0 Å². The van der Waals surface area contributed by atoms with Gasteiger partial charge in [0.15, 0.2) is 5.71 Å². The summed E-state index contributed by atoms with van der Waals surface area (Å²) in [4.78, 5) is 16.6. The van der Waals surface area contributed by atoms with Crippen molar-refractivity contribution in [2.45, 2.75) is 45.0 Å². The molecule has 5 heteroatoms. The number of ether oxygens (including phenoxy) is 2. The Hall–Kier alpha value is -1.10. The molecule has 2 atom stereocenters. The number of oxime groups is 1. The molecule has 2 rings (SSSR count). The van der Waals surface area contributed by atoms with Gasteiger partial charge in [0.2, 0.25) is 5.79 Å². The lowest BCUT2D eigenvalue weighted by molar-refractivity contribution is -0.207. The topological polar surface area (TPSA) is 57.1 Å². The molecule has 1 saturated heterocycles. The van der Waals surface area contributed by atoms with Crippen LogP contribution in [0.3, 0.4) is 0 Å². The van der Waals surface area contributed by atoms with Gasteiger partial charge in [-0.05, 0) is 20.3 Å². The van der Waals surface area contributed by atoms with Crippen LogP contribution in [0.2, 0.25) is 0 Å². The van der Waals surface area contributed by atoms with Gasteiger partial charge in [0.05, 0.1) is 19.1 Å². The Labute approximate surface area is 88.4 Å². The highest BCUT2D eigenvalue weighted by Gasteiger charge is 2.47. The normalized spacial score (nSPS) is 34.0. The average molecular weight is 213 g/mol. The highest BCUT2D eigenvalue weighted by atomic mass is 16.8. The van der Waals surface area contributed by atoms with E-state index >= 15 is 0 Å². The van der Waals surface area contributed by atoms with E-state index in [-0.39, 0.29) is 6.10 Å². The molecule has 0 saturated carbocycles. The fourth-order valence-corrected chi connectivity index (χ4v) is 1.89. The minimum Gasteiger partial charge on any atom is -0.461 e. The number of esters is 1. The number of nitrogens with zero attached hydrogens (tertiary/aromatic N) is 1. The number of carbonyl (C=O) groups excluding carboxylic acids is 1. The molecular formula is C10H15NO4. The van der Waals surface area contributed by atoms with Crippen LogP contribution in [0.4, 0.5) is 0 Å². The molecule has 0 amide bonds. The van der Waals surface area contributed by atoms with Crippen molar-refractivity contribution in [2.24, 2.45) is 5.16 Å². The van der Waals surface area contributed by atoms with E-state index < -0.39 is 11.8 Å². The molecule has 0 aliphatic carbocycles. The fraction of sp³-hybridized carbons (Fsp3) is 0.800. The summed E-state index contributed by atoms with van der Waals surface area (Å²) in [7, 11) is 0. The zero-order chi connectivity index (χ0) is 10.9. The third kappa shape index (κ3) is 1.97. The Kier molecular flexibility index (Phi) is 2.65. The molecule has 0 bridgehead atoms. The standard InChI is InChI=1S/C10H15NO4/c1-3-13-9(12)8-6-10(15-11-8)5-4-7(2)14-10/h7H,3-6H2,1-2H3. The van der Waals surface area contributed by atoms with Crippen molar-refractivity contribution < 1.29 is 19.1 Å². The van der Waals surface area contributed by atoms with Crippen LogP contribution in [0.5, 0.6) is 0 Å². The minimum absolute atomic E-state index is 0.168. The van der Waals surface area contributed by atoms with Gasteiger partial charge in [-0.25, -0.2) is 4.79 Å². The Bertz CT molecular complexity index is 302. The monoisotopic (exact) mass is 213 g/mol. The van der Waals surface area contributed by atoms with E-state index in [0.29, 0.717) is 18.7 Å². The van der Waals surface area contributed by atoms with Crippen LogP contribution in [-0.2, 0) is 19.1 Å². The summed E-state index contributed by atoms with van der Waals surface area (Å²) in [6, 6.07) is 0. The van der Waals surface area contributed by atoms with E-state index in [2.05, 4.69) is 5.16 Å². The summed E-state index contributed by atoms with van der Waals surface area (Å²) < 4.78 is 10.5. The Morgan fingerprint density at radius 3 is 3.13 bits per heavy atom. The van der Waals surface area contributed by atoms with E-state index in [4.69, 9.17) is 14.3 Å². The molecule has 0 aromatic rings.